The van der Waals surface area contributed by atoms with E-state index in [0.29, 0.717) is 6.04 Å². The second kappa shape index (κ2) is 4.84. The van der Waals surface area contributed by atoms with Gasteiger partial charge in [-0.05, 0) is 31.3 Å². The number of rotatable bonds is 1. The van der Waals surface area contributed by atoms with E-state index >= 15 is 0 Å². The Hall–Kier alpha value is -1.16. The SMILES string of the molecule is CN1CCNCC1c1ccc2cc(Cl)ccc2n1. The maximum atomic E-state index is 5.98. The molecule has 0 amide bonds. The molecule has 1 atom stereocenters. The standard InChI is InChI=1S/C14H16ClN3/c1-18-7-6-16-9-14(18)13-4-2-10-8-11(15)3-5-12(10)17-13/h2-5,8,14,16H,6-7,9H2,1H3. The van der Waals surface area contributed by atoms with Gasteiger partial charge in [0, 0.05) is 30.0 Å². The predicted octanol–water partition coefficient (Wildman–Crippen LogP) is 2.46. The lowest BCUT2D eigenvalue weighted by Crippen LogP contribution is -2.44. The highest BCUT2D eigenvalue weighted by molar-refractivity contribution is 6.31. The summed E-state index contributed by atoms with van der Waals surface area (Å²) in [6.45, 7) is 3.07. The summed E-state index contributed by atoms with van der Waals surface area (Å²) in [4.78, 5) is 7.10. The van der Waals surface area contributed by atoms with Crippen LogP contribution in [0.1, 0.15) is 11.7 Å². The minimum atomic E-state index is 0.360. The number of benzene rings is 1. The zero-order valence-electron chi connectivity index (χ0n) is 10.4. The Morgan fingerprint density at radius 2 is 2.22 bits per heavy atom. The monoisotopic (exact) mass is 261 g/mol. The highest BCUT2D eigenvalue weighted by atomic mass is 35.5. The van der Waals surface area contributed by atoms with Crippen LogP contribution in [0.5, 0.6) is 0 Å². The van der Waals surface area contributed by atoms with Gasteiger partial charge in [-0.25, -0.2) is 0 Å². The topological polar surface area (TPSA) is 28.2 Å². The van der Waals surface area contributed by atoms with Crippen molar-refractivity contribution in [1.82, 2.24) is 15.2 Å². The molecule has 1 N–H and O–H groups in total. The third-order valence-corrected chi connectivity index (χ3v) is 3.76. The summed E-state index contributed by atoms with van der Waals surface area (Å²) < 4.78 is 0. The van der Waals surface area contributed by atoms with Crippen molar-refractivity contribution in [1.29, 1.82) is 0 Å². The zero-order valence-corrected chi connectivity index (χ0v) is 11.1. The third-order valence-electron chi connectivity index (χ3n) is 3.53. The van der Waals surface area contributed by atoms with Crippen LogP contribution in [-0.4, -0.2) is 36.6 Å². The van der Waals surface area contributed by atoms with Crippen LogP contribution in [0, 0.1) is 0 Å². The molecule has 1 unspecified atom stereocenters. The maximum Gasteiger partial charge on any atom is 0.0707 e. The van der Waals surface area contributed by atoms with Gasteiger partial charge in [0.25, 0.3) is 0 Å². The van der Waals surface area contributed by atoms with Gasteiger partial charge < -0.3 is 5.32 Å². The summed E-state index contributed by atoms with van der Waals surface area (Å²) in [5.74, 6) is 0. The quantitative estimate of drug-likeness (QED) is 0.855. The van der Waals surface area contributed by atoms with Gasteiger partial charge in [-0.15, -0.1) is 0 Å². The number of hydrogen-bond acceptors (Lipinski definition) is 3. The van der Waals surface area contributed by atoms with Gasteiger partial charge in [-0.3, -0.25) is 9.88 Å². The first-order valence-corrected chi connectivity index (χ1v) is 6.59. The van der Waals surface area contributed by atoms with Crippen LogP contribution in [0.4, 0.5) is 0 Å². The summed E-state index contributed by atoms with van der Waals surface area (Å²) in [5.41, 5.74) is 2.13. The molecule has 1 aliphatic rings. The largest absolute Gasteiger partial charge is 0.313 e. The number of likely N-dealkylation sites (N-methyl/N-ethyl adjacent to an activating group) is 1. The van der Waals surface area contributed by atoms with Crippen LogP contribution in [0.15, 0.2) is 30.3 Å². The van der Waals surface area contributed by atoms with Gasteiger partial charge in [0.2, 0.25) is 0 Å². The average Bonchev–Trinajstić information content (AvgIpc) is 2.39. The van der Waals surface area contributed by atoms with Gasteiger partial charge in [0.15, 0.2) is 0 Å². The van der Waals surface area contributed by atoms with Crippen LogP contribution < -0.4 is 5.32 Å². The zero-order chi connectivity index (χ0) is 12.5. The first-order chi connectivity index (χ1) is 8.74. The Kier molecular flexibility index (Phi) is 3.20. The molecule has 94 valence electrons. The molecule has 2 heterocycles. The van der Waals surface area contributed by atoms with E-state index in [2.05, 4.69) is 29.4 Å². The molecule has 1 aromatic carbocycles. The average molecular weight is 262 g/mol. The maximum absolute atomic E-state index is 5.98. The normalized spacial score (nSPS) is 21.3. The Labute approximate surface area is 112 Å². The smallest absolute Gasteiger partial charge is 0.0707 e. The van der Waals surface area contributed by atoms with E-state index in [1.165, 1.54) is 0 Å². The second-order valence-electron chi connectivity index (χ2n) is 4.77. The van der Waals surface area contributed by atoms with Crippen molar-refractivity contribution in [2.24, 2.45) is 0 Å². The second-order valence-corrected chi connectivity index (χ2v) is 5.21. The van der Waals surface area contributed by atoms with Crippen LogP contribution in [0.2, 0.25) is 5.02 Å². The van der Waals surface area contributed by atoms with E-state index in [1.54, 1.807) is 0 Å². The van der Waals surface area contributed by atoms with Gasteiger partial charge in [-0.2, -0.15) is 0 Å². The number of halogens is 1. The molecule has 0 aliphatic carbocycles. The molecule has 1 aliphatic heterocycles. The fourth-order valence-corrected chi connectivity index (χ4v) is 2.61. The number of fused-ring (bicyclic) bond motifs is 1. The number of pyridine rings is 1. The van der Waals surface area contributed by atoms with E-state index in [0.717, 1.165) is 41.3 Å². The van der Waals surface area contributed by atoms with Crippen LogP contribution in [0.3, 0.4) is 0 Å². The Bertz CT molecular complexity index is 570. The number of aromatic nitrogens is 1. The molecule has 1 aromatic heterocycles. The molecule has 1 fully saturated rings. The van der Waals surface area contributed by atoms with Crippen molar-refractivity contribution in [2.75, 3.05) is 26.7 Å². The lowest BCUT2D eigenvalue weighted by atomic mass is 10.1. The molecule has 0 spiro atoms. The predicted molar refractivity (Wildman–Crippen MR) is 75.0 cm³/mol. The molecule has 0 saturated carbocycles. The summed E-state index contributed by atoms with van der Waals surface area (Å²) in [7, 11) is 2.15. The van der Waals surface area contributed by atoms with Crippen molar-refractivity contribution in [3.63, 3.8) is 0 Å². The van der Waals surface area contributed by atoms with Crippen LogP contribution >= 0.6 is 11.6 Å². The van der Waals surface area contributed by atoms with Crippen molar-refractivity contribution >= 4 is 22.5 Å². The van der Waals surface area contributed by atoms with Crippen molar-refractivity contribution < 1.29 is 0 Å². The third kappa shape index (κ3) is 2.21. The van der Waals surface area contributed by atoms with Gasteiger partial charge in [0.1, 0.15) is 0 Å². The lowest BCUT2D eigenvalue weighted by Gasteiger charge is -2.32. The summed E-state index contributed by atoms with van der Waals surface area (Å²) in [6, 6.07) is 10.4. The summed E-state index contributed by atoms with van der Waals surface area (Å²) in [6.07, 6.45) is 0. The molecule has 18 heavy (non-hydrogen) atoms. The Morgan fingerprint density at radius 3 is 3.06 bits per heavy atom. The highest BCUT2D eigenvalue weighted by Gasteiger charge is 2.21. The molecule has 3 rings (SSSR count). The van der Waals surface area contributed by atoms with Gasteiger partial charge in [0.05, 0.1) is 17.3 Å². The minimum absolute atomic E-state index is 0.360. The van der Waals surface area contributed by atoms with Crippen molar-refractivity contribution in [3.05, 3.63) is 41.0 Å². The number of nitrogens with one attached hydrogen (secondary N) is 1. The highest BCUT2D eigenvalue weighted by Crippen LogP contribution is 2.23. The number of hydrogen-bond donors (Lipinski definition) is 1. The molecular formula is C14H16ClN3. The lowest BCUT2D eigenvalue weighted by molar-refractivity contribution is 0.199. The molecule has 4 heteroatoms. The molecular weight excluding hydrogens is 246 g/mol. The number of nitrogens with zero attached hydrogens (tertiary/aromatic N) is 2. The molecule has 2 aromatic rings. The van der Waals surface area contributed by atoms with Crippen LogP contribution in [0.25, 0.3) is 10.9 Å². The summed E-state index contributed by atoms with van der Waals surface area (Å²) in [5, 5.41) is 5.27. The molecule has 1 saturated heterocycles. The van der Waals surface area contributed by atoms with Crippen molar-refractivity contribution in [3.8, 4) is 0 Å². The van der Waals surface area contributed by atoms with Crippen LogP contribution in [-0.2, 0) is 0 Å². The first kappa shape index (κ1) is 11.9. The molecule has 0 bridgehead atoms. The van der Waals surface area contributed by atoms with E-state index in [-0.39, 0.29) is 0 Å². The van der Waals surface area contributed by atoms with E-state index < -0.39 is 0 Å². The Balaban J connectivity index is 1.99. The fourth-order valence-electron chi connectivity index (χ4n) is 2.43. The van der Waals surface area contributed by atoms with E-state index in [1.807, 2.05) is 18.2 Å². The molecule has 0 radical (unpaired) electrons. The van der Waals surface area contributed by atoms with Gasteiger partial charge in [-0.1, -0.05) is 17.7 Å². The number of piperazine rings is 1. The fraction of sp³-hybridized carbons (Fsp3) is 0.357. The summed E-state index contributed by atoms with van der Waals surface area (Å²) >= 11 is 5.98. The van der Waals surface area contributed by atoms with E-state index in [4.69, 9.17) is 16.6 Å². The Morgan fingerprint density at radius 1 is 1.33 bits per heavy atom. The minimum Gasteiger partial charge on any atom is -0.313 e. The molecule has 3 nitrogen and oxygen atoms in total. The van der Waals surface area contributed by atoms with Gasteiger partial charge >= 0.3 is 0 Å². The van der Waals surface area contributed by atoms with Crippen molar-refractivity contribution in [2.45, 2.75) is 6.04 Å². The first-order valence-electron chi connectivity index (χ1n) is 6.21. The van der Waals surface area contributed by atoms with E-state index in [9.17, 15) is 0 Å².